The maximum Gasteiger partial charge on any atom is 0.282 e. The van der Waals surface area contributed by atoms with Gasteiger partial charge in [0.1, 0.15) is 5.56 Å². The smallest absolute Gasteiger partial charge is 0.282 e. The minimum atomic E-state index is -0.563. The van der Waals surface area contributed by atoms with Crippen LogP contribution in [0.1, 0.15) is 21.5 Å². The van der Waals surface area contributed by atoms with Gasteiger partial charge in [-0.3, -0.25) is 14.9 Å². The standard InChI is InChI=1S/C17H18N2O4/c1-13-7-8-16(19(22)23)15(11-13)17(21)18(9-10-20)12-14-5-3-2-4-6-14/h2-8,11,20H,9-10,12H2,1H3. The van der Waals surface area contributed by atoms with Crippen molar-refractivity contribution in [1.29, 1.82) is 0 Å². The van der Waals surface area contributed by atoms with Crippen molar-refractivity contribution in [3.8, 4) is 0 Å². The number of aliphatic hydroxyl groups is 1. The third kappa shape index (κ3) is 4.14. The quantitative estimate of drug-likeness (QED) is 0.656. The Hall–Kier alpha value is -2.73. The summed E-state index contributed by atoms with van der Waals surface area (Å²) in [4.78, 5) is 24.7. The van der Waals surface area contributed by atoms with E-state index in [1.54, 1.807) is 13.0 Å². The minimum Gasteiger partial charge on any atom is -0.395 e. The van der Waals surface area contributed by atoms with Crippen molar-refractivity contribution in [3.05, 3.63) is 75.3 Å². The number of hydrogen-bond donors (Lipinski definition) is 1. The molecule has 1 amide bonds. The van der Waals surface area contributed by atoms with E-state index in [1.807, 2.05) is 30.3 Å². The Bertz CT molecular complexity index is 701. The van der Waals surface area contributed by atoms with Gasteiger partial charge in [0.25, 0.3) is 11.6 Å². The number of aryl methyl sites for hydroxylation is 1. The number of nitrogens with zero attached hydrogens (tertiary/aromatic N) is 2. The van der Waals surface area contributed by atoms with Crippen LogP contribution in [0, 0.1) is 17.0 Å². The number of nitro benzene ring substituents is 1. The zero-order valence-corrected chi connectivity index (χ0v) is 12.8. The summed E-state index contributed by atoms with van der Waals surface area (Å²) < 4.78 is 0. The van der Waals surface area contributed by atoms with Crippen LogP contribution in [-0.4, -0.2) is 34.0 Å². The fourth-order valence-corrected chi connectivity index (χ4v) is 2.33. The van der Waals surface area contributed by atoms with Crippen LogP contribution in [0.4, 0.5) is 5.69 Å². The summed E-state index contributed by atoms with van der Waals surface area (Å²) in [5.74, 6) is -0.460. The van der Waals surface area contributed by atoms with Crippen LogP contribution in [0.5, 0.6) is 0 Å². The number of rotatable bonds is 6. The summed E-state index contributed by atoms with van der Waals surface area (Å²) in [6, 6.07) is 13.7. The predicted molar refractivity (Wildman–Crippen MR) is 86.1 cm³/mol. The fourth-order valence-electron chi connectivity index (χ4n) is 2.33. The van der Waals surface area contributed by atoms with Crippen LogP contribution < -0.4 is 0 Å². The van der Waals surface area contributed by atoms with Crippen LogP contribution in [0.15, 0.2) is 48.5 Å². The van der Waals surface area contributed by atoms with Gasteiger partial charge in [0.2, 0.25) is 0 Å². The number of benzene rings is 2. The largest absolute Gasteiger partial charge is 0.395 e. The minimum absolute atomic E-state index is 0.0411. The molecule has 0 bridgehead atoms. The molecule has 0 atom stereocenters. The average Bonchev–Trinajstić information content (AvgIpc) is 2.54. The van der Waals surface area contributed by atoms with Crippen molar-refractivity contribution in [1.82, 2.24) is 4.90 Å². The number of amides is 1. The molecule has 0 unspecified atom stereocenters. The van der Waals surface area contributed by atoms with Crippen molar-refractivity contribution in [2.45, 2.75) is 13.5 Å². The van der Waals surface area contributed by atoms with Gasteiger partial charge in [-0.25, -0.2) is 0 Å². The molecular formula is C17H18N2O4. The van der Waals surface area contributed by atoms with E-state index in [4.69, 9.17) is 0 Å². The third-order valence-electron chi connectivity index (χ3n) is 3.45. The molecule has 0 aliphatic rings. The molecule has 0 saturated carbocycles. The molecule has 6 heteroatoms. The zero-order valence-electron chi connectivity index (χ0n) is 12.8. The normalized spacial score (nSPS) is 10.3. The summed E-state index contributed by atoms with van der Waals surface area (Å²) in [6.07, 6.45) is 0. The highest BCUT2D eigenvalue weighted by molar-refractivity contribution is 5.98. The summed E-state index contributed by atoms with van der Waals surface area (Å²) in [6.45, 7) is 1.95. The van der Waals surface area contributed by atoms with Gasteiger partial charge in [0.15, 0.2) is 0 Å². The molecule has 2 aromatic carbocycles. The highest BCUT2D eigenvalue weighted by Gasteiger charge is 2.24. The summed E-state index contributed by atoms with van der Waals surface area (Å²) in [5.41, 5.74) is 1.48. The van der Waals surface area contributed by atoms with Gasteiger partial charge >= 0.3 is 0 Å². The second-order valence-electron chi connectivity index (χ2n) is 5.21. The number of carbonyl (C=O) groups excluding carboxylic acids is 1. The number of carbonyl (C=O) groups is 1. The number of hydrogen-bond acceptors (Lipinski definition) is 4. The van der Waals surface area contributed by atoms with Crippen molar-refractivity contribution in [2.75, 3.05) is 13.2 Å². The van der Waals surface area contributed by atoms with Gasteiger partial charge in [-0.05, 0) is 24.1 Å². The second-order valence-corrected chi connectivity index (χ2v) is 5.21. The molecule has 120 valence electrons. The van der Waals surface area contributed by atoms with Crippen LogP contribution in [-0.2, 0) is 6.54 Å². The van der Waals surface area contributed by atoms with Gasteiger partial charge in [-0.2, -0.15) is 0 Å². The van der Waals surface area contributed by atoms with E-state index in [-0.39, 0.29) is 30.9 Å². The van der Waals surface area contributed by atoms with Crippen LogP contribution in [0.3, 0.4) is 0 Å². The molecule has 2 rings (SSSR count). The molecule has 2 aromatic rings. The summed E-state index contributed by atoms with van der Waals surface area (Å²) in [5, 5.41) is 20.4. The van der Waals surface area contributed by atoms with Gasteiger partial charge in [-0.1, -0.05) is 36.4 Å². The Balaban J connectivity index is 2.34. The topological polar surface area (TPSA) is 83.7 Å². The maximum atomic E-state index is 12.7. The fraction of sp³-hybridized carbons (Fsp3) is 0.235. The van der Waals surface area contributed by atoms with E-state index in [2.05, 4.69) is 0 Å². The number of nitro groups is 1. The van der Waals surface area contributed by atoms with Gasteiger partial charge < -0.3 is 10.0 Å². The summed E-state index contributed by atoms with van der Waals surface area (Å²) >= 11 is 0. The Labute approximate surface area is 134 Å². The average molecular weight is 314 g/mol. The van der Waals surface area contributed by atoms with E-state index in [0.717, 1.165) is 11.1 Å². The van der Waals surface area contributed by atoms with Crippen LogP contribution >= 0.6 is 0 Å². The molecule has 0 radical (unpaired) electrons. The van der Waals surface area contributed by atoms with Crippen molar-refractivity contribution < 1.29 is 14.8 Å². The van der Waals surface area contributed by atoms with E-state index in [9.17, 15) is 20.0 Å². The van der Waals surface area contributed by atoms with Gasteiger partial charge in [-0.15, -0.1) is 0 Å². The molecule has 23 heavy (non-hydrogen) atoms. The molecule has 0 heterocycles. The highest BCUT2D eigenvalue weighted by Crippen LogP contribution is 2.22. The predicted octanol–water partition coefficient (Wildman–Crippen LogP) is 2.54. The maximum absolute atomic E-state index is 12.7. The van der Waals surface area contributed by atoms with E-state index >= 15 is 0 Å². The molecule has 6 nitrogen and oxygen atoms in total. The lowest BCUT2D eigenvalue weighted by Crippen LogP contribution is -2.33. The molecule has 0 aromatic heterocycles. The van der Waals surface area contributed by atoms with E-state index in [1.165, 1.54) is 17.0 Å². The van der Waals surface area contributed by atoms with Gasteiger partial charge in [0, 0.05) is 19.2 Å². The molecule has 0 aliphatic carbocycles. The molecule has 1 N–H and O–H groups in total. The molecule has 0 aliphatic heterocycles. The van der Waals surface area contributed by atoms with Crippen molar-refractivity contribution in [2.24, 2.45) is 0 Å². The van der Waals surface area contributed by atoms with Crippen LogP contribution in [0.25, 0.3) is 0 Å². The Morgan fingerprint density at radius 2 is 1.91 bits per heavy atom. The van der Waals surface area contributed by atoms with E-state index < -0.39 is 10.8 Å². The first-order valence-corrected chi connectivity index (χ1v) is 7.22. The molecule has 0 saturated heterocycles. The first-order chi connectivity index (χ1) is 11.0. The molecule has 0 spiro atoms. The van der Waals surface area contributed by atoms with E-state index in [0.29, 0.717) is 0 Å². The van der Waals surface area contributed by atoms with Crippen LogP contribution in [0.2, 0.25) is 0 Å². The molecular weight excluding hydrogens is 296 g/mol. The summed E-state index contributed by atoms with van der Waals surface area (Å²) in [7, 11) is 0. The SMILES string of the molecule is Cc1ccc([N+](=O)[O-])c(C(=O)N(CCO)Cc2ccccc2)c1. The first-order valence-electron chi connectivity index (χ1n) is 7.22. The third-order valence-corrected chi connectivity index (χ3v) is 3.45. The lowest BCUT2D eigenvalue weighted by atomic mass is 10.1. The lowest BCUT2D eigenvalue weighted by Gasteiger charge is -2.22. The monoisotopic (exact) mass is 314 g/mol. The van der Waals surface area contributed by atoms with Gasteiger partial charge in [0.05, 0.1) is 11.5 Å². The highest BCUT2D eigenvalue weighted by atomic mass is 16.6. The Morgan fingerprint density at radius 1 is 1.22 bits per heavy atom. The Kier molecular flexibility index (Phi) is 5.43. The number of aliphatic hydroxyl groups excluding tert-OH is 1. The Morgan fingerprint density at radius 3 is 2.52 bits per heavy atom. The molecule has 0 fully saturated rings. The lowest BCUT2D eigenvalue weighted by molar-refractivity contribution is -0.385. The second kappa shape index (κ2) is 7.51. The van der Waals surface area contributed by atoms with Crippen molar-refractivity contribution in [3.63, 3.8) is 0 Å². The zero-order chi connectivity index (χ0) is 16.8. The first kappa shape index (κ1) is 16.6. The van der Waals surface area contributed by atoms with Crippen molar-refractivity contribution >= 4 is 11.6 Å².